The van der Waals surface area contributed by atoms with Gasteiger partial charge in [0.15, 0.2) is 5.96 Å². The quantitative estimate of drug-likeness (QED) is 0.241. The number of halogens is 1. The van der Waals surface area contributed by atoms with Gasteiger partial charge in [-0.05, 0) is 43.6 Å². The van der Waals surface area contributed by atoms with Gasteiger partial charge in [-0.1, -0.05) is 30.3 Å². The highest BCUT2D eigenvalue weighted by molar-refractivity contribution is 14.0. The van der Waals surface area contributed by atoms with Gasteiger partial charge >= 0.3 is 0 Å². The Morgan fingerprint density at radius 3 is 2.74 bits per heavy atom. The maximum Gasteiger partial charge on any atom is 0.190 e. The van der Waals surface area contributed by atoms with E-state index in [2.05, 4.69) is 46.0 Å². The molecule has 1 heterocycles. The third kappa shape index (κ3) is 7.95. The first kappa shape index (κ1) is 22.4. The van der Waals surface area contributed by atoms with Gasteiger partial charge in [0, 0.05) is 45.9 Å². The maximum atomic E-state index is 6.08. The number of aliphatic imine (C=N–C) groups is 1. The van der Waals surface area contributed by atoms with Gasteiger partial charge in [-0.2, -0.15) is 0 Å². The Morgan fingerprint density at radius 1 is 1.19 bits per heavy atom. The predicted molar refractivity (Wildman–Crippen MR) is 121 cm³/mol. The smallest absolute Gasteiger partial charge is 0.190 e. The summed E-state index contributed by atoms with van der Waals surface area (Å²) in [7, 11) is 1.82. The highest BCUT2D eigenvalue weighted by Crippen LogP contribution is 2.33. The van der Waals surface area contributed by atoms with Gasteiger partial charge < -0.3 is 20.1 Å². The van der Waals surface area contributed by atoms with E-state index < -0.39 is 0 Å². The van der Waals surface area contributed by atoms with Gasteiger partial charge in [0.1, 0.15) is 0 Å². The fourth-order valence-corrected chi connectivity index (χ4v) is 3.43. The van der Waals surface area contributed by atoms with Crippen LogP contribution in [0.2, 0.25) is 0 Å². The molecule has 1 aromatic rings. The lowest BCUT2D eigenvalue weighted by Gasteiger charge is -2.32. The molecule has 1 saturated heterocycles. The minimum Gasteiger partial charge on any atom is -0.381 e. The second kappa shape index (κ2) is 12.6. The van der Waals surface area contributed by atoms with Crippen molar-refractivity contribution < 1.29 is 9.47 Å². The molecule has 5 nitrogen and oxygen atoms in total. The van der Waals surface area contributed by atoms with Crippen molar-refractivity contribution in [1.82, 2.24) is 10.6 Å². The SMILES string of the molecule is CN=C(NCCCOCC1CC1)NCC1CCCOC1c1ccccc1.I. The van der Waals surface area contributed by atoms with Gasteiger partial charge in [-0.25, -0.2) is 0 Å². The molecule has 152 valence electrons. The van der Waals surface area contributed by atoms with Crippen LogP contribution in [0.25, 0.3) is 0 Å². The Balaban J connectivity index is 0.00000261. The molecule has 3 rings (SSSR count). The number of benzene rings is 1. The average Bonchev–Trinajstić information content (AvgIpc) is 3.52. The molecule has 0 amide bonds. The van der Waals surface area contributed by atoms with E-state index in [0.29, 0.717) is 5.92 Å². The first-order valence-corrected chi connectivity index (χ1v) is 10.1. The Bertz CT molecular complexity index is 552. The van der Waals surface area contributed by atoms with Crippen LogP contribution in [0.5, 0.6) is 0 Å². The molecule has 0 aromatic heterocycles. The molecule has 2 atom stereocenters. The van der Waals surface area contributed by atoms with Crippen LogP contribution in [0.3, 0.4) is 0 Å². The Morgan fingerprint density at radius 2 is 2.00 bits per heavy atom. The summed E-state index contributed by atoms with van der Waals surface area (Å²) in [6, 6.07) is 10.6. The number of nitrogens with one attached hydrogen (secondary N) is 2. The van der Waals surface area contributed by atoms with Crippen molar-refractivity contribution >= 4 is 29.9 Å². The van der Waals surface area contributed by atoms with Crippen LogP contribution >= 0.6 is 24.0 Å². The molecular formula is C21H34IN3O2. The van der Waals surface area contributed by atoms with Gasteiger partial charge in [0.05, 0.1) is 6.10 Å². The normalized spacial score (nSPS) is 22.8. The van der Waals surface area contributed by atoms with E-state index in [1.807, 2.05) is 7.05 Å². The van der Waals surface area contributed by atoms with Crippen molar-refractivity contribution in [1.29, 1.82) is 0 Å². The minimum absolute atomic E-state index is 0. The Labute approximate surface area is 180 Å². The summed E-state index contributed by atoms with van der Waals surface area (Å²) in [5.41, 5.74) is 1.27. The van der Waals surface area contributed by atoms with Crippen LogP contribution in [0, 0.1) is 11.8 Å². The number of nitrogens with zero attached hydrogens (tertiary/aromatic N) is 1. The van der Waals surface area contributed by atoms with E-state index >= 15 is 0 Å². The molecule has 1 aliphatic carbocycles. The predicted octanol–water partition coefficient (Wildman–Crippen LogP) is 3.75. The van der Waals surface area contributed by atoms with Crippen LogP contribution < -0.4 is 10.6 Å². The van der Waals surface area contributed by atoms with Crippen molar-refractivity contribution in [2.75, 3.05) is 40.0 Å². The molecule has 0 bridgehead atoms. The van der Waals surface area contributed by atoms with Gasteiger partial charge in [-0.15, -0.1) is 24.0 Å². The summed E-state index contributed by atoms with van der Waals surface area (Å²) in [4.78, 5) is 4.34. The summed E-state index contributed by atoms with van der Waals surface area (Å²) in [5, 5.41) is 6.86. The fourth-order valence-electron chi connectivity index (χ4n) is 3.43. The molecule has 6 heteroatoms. The monoisotopic (exact) mass is 487 g/mol. The number of ether oxygens (including phenoxy) is 2. The molecular weight excluding hydrogens is 453 g/mol. The summed E-state index contributed by atoms with van der Waals surface area (Å²) in [6.45, 7) is 4.37. The van der Waals surface area contributed by atoms with E-state index in [0.717, 1.165) is 57.6 Å². The zero-order chi connectivity index (χ0) is 18.0. The second-order valence-corrected chi connectivity index (χ2v) is 7.36. The summed E-state index contributed by atoms with van der Waals surface area (Å²) in [6.07, 6.45) is 6.19. The topological polar surface area (TPSA) is 54.9 Å². The summed E-state index contributed by atoms with van der Waals surface area (Å²) in [5.74, 6) is 2.17. The molecule has 2 unspecified atom stereocenters. The van der Waals surface area contributed by atoms with Crippen LogP contribution in [0.15, 0.2) is 35.3 Å². The molecule has 2 fully saturated rings. The molecule has 0 spiro atoms. The summed E-state index contributed by atoms with van der Waals surface area (Å²) < 4.78 is 11.7. The van der Waals surface area contributed by atoms with Crippen molar-refractivity contribution in [3.05, 3.63) is 35.9 Å². The van der Waals surface area contributed by atoms with Gasteiger partial charge in [0.2, 0.25) is 0 Å². The first-order chi connectivity index (χ1) is 12.9. The molecule has 1 aromatic carbocycles. The van der Waals surface area contributed by atoms with Crippen LogP contribution in [0.4, 0.5) is 0 Å². The third-order valence-corrected chi connectivity index (χ3v) is 5.14. The van der Waals surface area contributed by atoms with Gasteiger partial charge in [0.25, 0.3) is 0 Å². The Hall–Kier alpha value is -0.860. The van der Waals surface area contributed by atoms with E-state index in [1.165, 1.54) is 24.8 Å². The lowest BCUT2D eigenvalue weighted by Crippen LogP contribution is -2.42. The highest BCUT2D eigenvalue weighted by Gasteiger charge is 2.27. The number of hydrogen-bond acceptors (Lipinski definition) is 3. The standard InChI is InChI=1S/C21H33N3O2.HI/c1-22-21(23-12-6-13-25-16-17-10-11-17)24-15-19-9-5-14-26-20(19)18-7-3-2-4-8-18;/h2-4,7-8,17,19-20H,5-6,9-16H2,1H3,(H2,22,23,24);1H. The fraction of sp³-hybridized carbons (Fsp3) is 0.667. The molecule has 1 saturated carbocycles. The average molecular weight is 487 g/mol. The highest BCUT2D eigenvalue weighted by atomic mass is 127. The third-order valence-electron chi connectivity index (χ3n) is 5.14. The minimum atomic E-state index is 0. The van der Waals surface area contributed by atoms with Crippen molar-refractivity contribution in [3.63, 3.8) is 0 Å². The van der Waals surface area contributed by atoms with Crippen LogP contribution in [-0.4, -0.2) is 45.9 Å². The zero-order valence-electron chi connectivity index (χ0n) is 16.4. The summed E-state index contributed by atoms with van der Waals surface area (Å²) >= 11 is 0. The number of hydrogen-bond donors (Lipinski definition) is 2. The van der Waals surface area contributed by atoms with Crippen molar-refractivity contribution in [2.24, 2.45) is 16.8 Å². The zero-order valence-corrected chi connectivity index (χ0v) is 18.7. The Kier molecular flexibility index (Phi) is 10.4. The van der Waals surface area contributed by atoms with E-state index in [4.69, 9.17) is 9.47 Å². The lowest BCUT2D eigenvalue weighted by molar-refractivity contribution is -0.0265. The molecule has 1 aliphatic heterocycles. The first-order valence-electron chi connectivity index (χ1n) is 10.1. The lowest BCUT2D eigenvalue weighted by atomic mass is 9.89. The van der Waals surface area contributed by atoms with Crippen molar-refractivity contribution in [2.45, 2.75) is 38.2 Å². The van der Waals surface area contributed by atoms with Crippen LogP contribution in [-0.2, 0) is 9.47 Å². The maximum absolute atomic E-state index is 6.08. The number of guanidine groups is 1. The van der Waals surface area contributed by atoms with Gasteiger partial charge in [-0.3, -0.25) is 4.99 Å². The van der Waals surface area contributed by atoms with E-state index in [9.17, 15) is 0 Å². The molecule has 2 N–H and O–H groups in total. The largest absolute Gasteiger partial charge is 0.381 e. The van der Waals surface area contributed by atoms with E-state index in [-0.39, 0.29) is 30.1 Å². The van der Waals surface area contributed by atoms with Crippen LogP contribution in [0.1, 0.15) is 43.8 Å². The molecule has 27 heavy (non-hydrogen) atoms. The molecule has 2 aliphatic rings. The second-order valence-electron chi connectivity index (χ2n) is 7.36. The molecule has 0 radical (unpaired) electrons. The van der Waals surface area contributed by atoms with E-state index in [1.54, 1.807) is 0 Å². The van der Waals surface area contributed by atoms with Crippen molar-refractivity contribution in [3.8, 4) is 0 Å². The number of rotatable bonds is 9.